The molecular weight excluding hydrogens is 404 g/mol. The molecule has 198 valence electrons. The highest BCUT2D eigenvalue weighted by Crippen LogP contribution is 2.24. The molecule has 2 nitrogen and oxygen atoms in total. The second-order valence-electron chi connectivity index (χ2n) is 10.6. The van der Waals surface area contributed by atoms with Crippen LogP contribution >= 0.6 is 0 Å². The second-order valence-corrected chi connectivity index (χ2v) is 10.6. The molecule has 0 amide bonds. The molecule has 0 aliphatic rings. The lowest BCUT2D eigenvalue weighted by atomic mass is 9.90. The first-order chi connectivity index (χ1) is 16.2. The van der Waals surface area contributed by atoms with Gasteiger partial charge in [0.25, 0.3) is 0 Å². The summed E-state index contributed by atoms with van der Waals surface area (Å²) in [5.74, 6) is 0.921. The molecule has 0 aliphatic carbocycles. The van der Waals surface area contributed by atoms with Crippen LogP contribution < -0.4 is 0 Å². The van der Waals surface area contributed by atoms with Gasteiger partial charge in [0.15, 0.2) is 0 Å². The molecule has 0 radical (unpaired) electrons. The molecule has 0 N–H and O–H groups in total. The molecule has 0 aliphatic heterocycles. The van der Waals surface area contributed by atoms with Gasteiger partial charge >= 0.3 is 5.97 Å². The van der Waals surface area contributed by atoms with Crippen LogP contribution in [0.5, 0.6) is 0 Å². The Morgan fingerprint density at radius 2 is 0.848 bits per heavy atom. The van der Waals surface area contributed by atoms with Gasteiger partial charge in [-0.15, -0.1) is 0 Å². The van der Waals surface area contributed by atoms with Crippen LogP contribution in [0.25, 0.3) is 0 Å². The Morgan fingerprint density at radius 3 is 1.30 bits per heavy atom. The van der Waals surface area contributed by atoms with Crippen LogP contribution in [0, 0.1) is 5.92 Å². The molecule has 0 heterocycles. The van der Waals surface area contributed by atoms with E-state index in [0.717, 1.165) is 18.8 Å². The summed E-state index contributed by atoms with van der Waals surface area (Å²) in [5.41, 5.74) is 0. The molecule has 2 heteroatoms. The summed E-state index contributed by atoms with van der Waals surface area (Å²) in [4.78, 5) is 12.0. The van der Waals surface area contributed by atoms with Crippen LogP contribution in [0.15, 0.2) is 0 Å². The third kappa shape index (κ3) is 25.9. The molecule has 0 unspecified atom stereocenters. The van der Waals surface area contributed by atoms with Gasteiger partial charge in [0.05, 0.1) is 6.61 Å². The summed E-state index contributed by atoms with van der Waals surface area (Å²) >= 11 is 0. The predicted molar refractivity (Wildman–Crippen MR) is 147 cm³/mol. The molecule has 0 aromatic heterocycles. The normalized spacial score (nSPS) is 11.4. The number of rotatable bonds is 27. The highest BCUT2D eigenvalue weighted by atomic mass is 16.5. The van der Waals surface area contributed by atoms with Gasteiger partial charge in [0, 0.05) is 6.42 Å². The summed E-state index contributed by atoms with van der Waals surface area (Å²) in [6, 6.07) is 0. The van der Waals surface area contributed by atoms with Crippen molar-refractivity contribution >= 4 is 5.97 Å². The largest absolute Gasteiger partial charge is 0.466 e. The molecule has 0 aromatic carbocycles. The van der Waals surface area contributed by atoms with Gasteiger partial charge in [-0.25, -0.2) is 0 Å². The van der Waals surface area contributed by atoms with Crippen LogP contribution in [0.3, 0.4) is 0 Å². The van der Waals surface area contributed by atoms with E-state index in [-0.39, 0.29) is 5.97 Å². The second kappa shape index (κ2) is 27.7. The number of unbranched alkanes of at least 4 members (excludes halogenated alkanes) is 17. The highest BCUT2D eigenvalue weighted by molar-refractivity contribution is 5.69. The van der Waals surface area contributed by atoms with Gasteiger partial charge in [-0.3, -0.25) is 4.79 Å². The van der Waals surface area contributed by atoms with Crippen molar-refractivity contribution in [2.24, 2.45) is 5.92 Å². The average molecular weight is 467 g/mol. The van der Waals surface area contributed by atoms with Crippen LogP contribution in [0.2, 0.25) is 0 Å². The molecule has 0 rings (SSSR count). The molecule has 0 aromatic rings. The first-order valence-corrected chi connectivity index (χ1v) is 15.4. The minimum Gasteiger partial charge on any atom is -0.466 e. The van der Waals surface area contributed by atoms with Crippen molar-refractivity contribution in [1.29, 1.82) is 0 Å². The Kier molecular flexibility index (Phi) is 27.3. The van der Waals surface area contributed by atoms with Crippen LogP contribution in [-0.2, 0) is 9.53 Å². The van der Waals surface area contributed by atoms with Crippen molar-refractivity contribution in [3.8, 4) is 0 Å². The first kappa shape index (κ1) is 32.5. The van der Waals surface area contributed by atoms with Crippen molar-refractivity contribution in [3.63, 3.8) is 0 Å². The van der Waals surface area contributed by atoms with Gasteiger partial charge in [-0.1, -0.05) is 156 Å². The van der Waals surface area contributed by atoms with E-state index in [9.17, 15) is 4.79 Å². The van der Waals surface area contributed by atoms with E-state index in [1.54, 1.807) is 0 Å². The van der Waals surface area contributed by atoms with Gasteiger partial charge in [0.2, 0.25) is 0 Å². The van der Waals surface area contributed by atoms with Crippen LogP contribution in [-0.4, -0.2) is 12.6 Å². The molecule has 0 atom stereocenters. The number of carbonyl (C=O) groups is 1. The van der Waals surface area contributed by atoms with E-state index in [0.29, 0.717) is 13.0 Å². The molecule has 0 saturated carbocycles. The van der Waals surface area contributed by atoms with Crippen molar-refractivity contribution in [2.75, 3.05) is 6.61 Å². The first-order valence-electron chi connectivity index (χ1n) is 15.4. The maximum absolute atomic E-state index is 12.0. The van der Waals surface area contributed by atoms with Crippen LogP contribution in [0.4, 0.5) is 0 Å². The quantitative estimate of drug-likeness (QED) is 0.0888. The molecule has 33 heavy (non-hydrogen) atoms. The SMILES string of the molecule is CCCCCCCCCC(=O)OCCCCC(CCCCCCCC)CCCCCCCC. The fourth-order valence-electron chi connectivity index (χ4n) is 4.88. The van der Waals surface area contributed by atoms with E-state index in [1.807, 2.05) is 0 Å². The maximum atomic E-state index is 12.0. The van der Waals surface area contributed by atoms with E-state index >= 15 is 0 Å². The fraction of sp³-hybridized carbons (Fsp3) is 0.968. The molecule has 0 spiro atoms. The molecule has 0 bridgehead atoms. The zero-order valence-electron chi connectivity index (χ0n) is 23.3. The predicted octanol–water partition coefficient (Wildman–Crippen LogP) is 11.0. The summed E-state index contributed by atoms with van der Waals surface area (Å²) < 4.78 is 5.50. The minimum absolute atomic E-state index is 0.0271. The number of hydrogen-bond acceptors (Lipinski definition) is 2. The minimum atomic E-state index is 0.0271. The Balaban J connectivity index is 3.84. The topological polar surface area (TPSA) is 26.3 Å². The third-order valence-corrected chi connectivity index (χ3v) is 7.19. The van der Waals surface area contributed by atoms with Crippen molar-refractivity contribution < 1.29 is 9.53 Å². The van der Waals surface area contributed by atoms with Gasteiger partial charge in [-0.2, -0.15) is 0 Å². The van der Waals surface area contributed by atoms with E-state index in [2.05, 4.69) is 20.8 Å². The Hall–Kier alpha value is -0.530. The van der Waals surface area contributed by atoms with Gasteiger partial charge < -0.3 is 4.74 Å². The lowest BCUT2D eigenvalue weighted by Gasteiger charge is -2.17. The van der Waals surface area contributed by atoms with Crippen molar-refractivity contribution in [3.05, 3.63) is 0 Å². The standard InChI is InChI=1S/C31H62O2/c1-4-7-10-13-16-19-22-28-31(32)33-29-24-23-27-30(25-20-17-14-11-8-5-2)26-21-18-15-12-9-6-3/h30H,4-29H2,1-3H3. The van der Waals surface area contributed by atoms with Crippen LogP contribution in [0.1, 0.15) is 181 Å². The van der Waals surface area contributed by atoms with Gasteiger partial charge in [0.1, 0.15) is 0 Å². The Bertz CT molecular complexity index is 363. The van der Waals surface area contributed by atoms with Crippen molar-refractivity contribution in [1.82, 2.24) is 0 Å². The number of carbonyl (C=O) groups excluding carboxylic acids is 1. The lowest BCUT2D eigenvalue weighted by Crippen LogP contribution is -2.07. The smallest absolute Gasteiger partial charge is 0.305 e. The monoisotopic (exact) mass is 466 g/mol. The lowest BCUT2D eigenvalue weighted by molar-refractivity contribution is -0.143. The highest BCUT2D eigenvalue weighted by Gasteiger charge is 2.09. The van der Waals surface area contributed by atoms with Gasteiger partial charge in [-0.05, 0) is 25.2 Å². The summed E-state index contributed by atoms with van der Waals surface area (Å²) in [6.45, 7) is 7.48. The summed E-state index contributed by atoms with van der Waals surface area (Å²) in [6.07, 6.45) is 32.6. The van der Waals surface area contributed by atoms with E-state index in [4.69, 9.17) is 4.74 Å². The number of hydrogen-bond donors (Lipinski definition) is 0. The van der Waals surface area contributed by atoms with E-state index in [1.165, 1.54) is 141 Å². The maximum Gasteiger partial charge on any atom is 0.305 e. The van der Waals surface area contributed by atoms with Crippen molar-refractivity contribution in [2.45, 2.75) is 181 Å². The molecule has 0 fully saturated rings. The van der Waals surface area contributed by atoms with E-state index < -0.39 is 0 Å². The molecule has 0 saturated heterocycles. The Labute approximate surface area is 209 Å². The zero-order chi connectivity index (χ0) is 24.2. The molecular formula is C31H62O2. The number of esters is 1. The summed E-state index contributed by atoms with van der Waals surface area (Å²) in [5, 5.41) is 0. The average Bonchev–Trinajstić information content (AvgIpc) is 2.82. The third-order valence-electron chi connectivity index (χ3n) is 7.19. The number of ether oxygens (including phenoxy) is 1. The zero-order valence-corrected chi connectivity index (χ0v) is 23.3. The fourth-order valence-corrected chi connectivity index (χ4v) is 4.88. The summed E-state index contributed by atoms with van der Waals surface area (Å²) in [7, 11) is 0. The Morgan fingerprint density at radius 1 is 0.485 bits per heavy atom.